The second kappa shape index (κ2) is 7.72. The lowest BCUT2D eigenvalue weighted by atomic mass is 9.85. The summed E-state index contributed by atoms with van der Waals surface area (Å²) in [6.45, 7) is 4.74. The highest BCUT2D eigenvalue weighted by molar-refractivity contribution is 5.85. The number of nitrogens with one attached hydrogen (secondary N) is 1. The van der Waals surface area contributed by atoms with Gasteiger partial charge in [-0.05, 0) is 65.8 Å². The molecule has 2 aliphatic heterocycles. The Kier molecular flexibility index (Phi) is 4.69. The molecule has 162 valence electrons. The van der Waals surface area contributed by atoms with Gasteiger partial charge in [-0.25, -0.2) is 0 Å². The van der Waals surface area contributed by atoms with Crippen LogP contribution in [-0.4, -0.2) is 23.5 Å². The molecule has 1 unspecified atom stereocenters. The lowest BCUT2D eigenvalue weighted by molar-refractivity contribution is 0.158. The number of aromatic nitrogens is 1. The molecular formula is C28H28N2O2. The van der Waals surface area contributed by atoms with Crippen molar-refractivity contribution in [2.45, 2.75) is 39.0 Å². The molecule has 2 aliphatic rings. The van der Waals surface area contributed by atoms with Gasteiger partial charge in [0, 0.05) is 35.7 Å². The number of rotatable bonds is 4. The number of hydrogen-bond acceptors (Lipinski definition) is 3. The fraction of sp³-hybridized carbons (Fsp3) is 0.286. The molecule has 1 aromatic heterocycles. The van der Waals surface area contributed by atoms with Crippen molar-refractivity contribution in [2.75, 3.05) is 13.7 Å². The number of aromatic amines is 1. The van der Waals surface area contributed by atoms with E-state index in [9.17, 15) is 0 Å². The zero-order valence-electron chi connectivity index (χ0n) is 18.7. The Balaban J connectivity index is 1.33. The molecule has 0 aliphatic carbocycles. The van der Waals surface area contributed by atoms with Crippen LogP contribution < -0.4 is 9.47 Å². The van der Waals surface area contributed by atoms with Crippen molar-refractivity contribution in [1.29, 1.82) is 0 Å². The maximum atomic E-state index is 6.19. The zero-order valence-corrected chi connectivity index (χ0v) is 18.7. The Labute approximate surface area is 188 Å². The minimum atomic E-state index is 0.378. The minimum absolute atomic E-state index is 0.378. The van der Waals surface area contributed by atoms with Crippen LogP contribution in [0.1, 0.15) is 39.6 Å². The summed E-state index contributed by atoms with van der Waals surface area (Å²) in [6.07, 6.45) is 2.06. The molecule has 4 heteroatoms. The number of ether oxygens (including phenoxy) is 2. The number of nitrogens with zero attached hydrogens (tertiary/aromatic N) is 1. The molecule has 4 nitrogen and oxygen atoms in total. The summed E-state index contributed by atoms with van der Waals surface area (Å²) in [7, 11) is 1.73. The molecule has 1 N–H and O–H groups in total. The van der Waals surface area contributed by atoms with E-state index < -0.39 is 0 Å². The summed E-state index contributed by atoms with van der Waals surface area (Å²) < 4.78 is 12.0. The summed E-state index contributed by atoms with van der Waals surface area (Å²) >= 11 is 0. The number of benzene rings is 3. The highest BCUT2D eigenvalue weighted by Gasteiger charge is 2.34. The zero-order chi connectivity index (χ0) is 21.7. The largest absolute Gasteiger partial charge is 0.493 e. The van der Waals surface area contributed by atoms with Crippen LogP contribution in [0.4, 0.5) is 0 Å². The van der Waals surface area contributed by atoms with Gasteiger partial charge < -0.3 is 14.5 Å². The Morgan fingerprint density at radius 3 is 2.75 bits per heavy atom. The molecule has 6 rings (SSSR count). The molecule has 0 saturated heterocycles. The molecule has 32 heavy (non-hydrogen) atoms. The molecule has 0 saturated carbocycles. The SMILES string of the molecule is COc1cc2c(cc1OCc1ccccc1)CCN1Cc3[nH]c4cc(C)ccc4c3CC21. The maximum absolute atomic E-state index is 6.19. The average molecular weight is 425 g/mol. The van der Waals surface area contributed by atoms with E-state index in [1.807, 2.05) is 18.2 Å². The fourth-order valence-corrected chi connectivity index (χ4v) is 5.39. The fourth-order valence-electron chi connectivity index (χ4n) is 5.39. The van der Waals surface area contributed by atoms with Gasteiger partial charge in [-0.2, -0.15) is 0 Å². The van der Waals surface area contributed by atoms with E-state index in [-0.39, 0.29) is 0 Å². The molecule has 0 spiro atoms. The smallest absolute Gasteiger partial charge is 0.161 e. The molecule has 4 aromatic rings. The van der Waals surface area contributed by atoms with Crippen LogP contribution in [0.15, 0.2) is 60.7 Å². The standard InChI is InChI=1S/C28H28N2O2/c1-18-8-9-21-23-14-26-22-15-27(31-2)28(32-17-19-6-4-3-5-7-19)13-20(22)10-11-30(26)16-25(23)29-24(21)12-18/h3-9,12-13,15,26,29H,10-11,14,16-17H2,1-2H3. The summed E-state index contributed by atoms with van der Waals surface area (Å²) in [5, 5.41) is 1.37. The Bertz CT molecular complexity index is 1290. The van der Waals surface area contributed by atoms with Gasteiger partial charge in [0.15, 0.2) is 11.5 Å². The summed E-state index contributed by atoms with van der Waals surface area (Å²) in [5.74, 6) is 1.66. The number of hydrogen-bond donors (Lipinski definition) is 1. The first-order valence-corrected chi connectivity index (χ1v) is 11.4. The number of methoxy groups -OCH3 is 1. The predicted molar refractivity (Wildman–Crippen MR) is 127 cm³/mol. The van der Waals surface area contributed by atoms with Gasteiger partial charge in [-0.1, -0.05) is 42.5 Å². The van der Waals surface area contributed by atoms with Gasteiger partial charge in [0.05, 0.1) is 7.11 Å². The van der Waals surface area contributed by atoms with Crippen molar-refractivity contribution in [2.24, 2.45) is 0 Å². The van der Waals surface area contributed by atoms with E-state index in [1.165, 1.54) is 38.9 Å². The molecule has 3 aromatic carbocycles. The van der Waals surface area contributed by atoms with E-state index in [2.05, 4.69) is 59.3 Å². The lowest BCUT2D eigenvalue weighted by Gasteiger charge is -2.40. The first kappa shape index (κ1) is 19.4. The Hall–Kier alpha value is -3.24. The van der Waals surface area contributed by atoms with E-state index >= 15 is 0 Å². The molecule has 0 fully saturated rings. The van der Waals surface area contributed by atoms with Crippen molar-refractivity contribution >= 4 is 10.9 Å². The van der Waals surface area contributed by atoms with Gasteiger partial charge >= 0.3 is 0 Å². The maximum Gasteiger partial charge on any atom is 0.161 e. The molecular weight excluding hydrogens is 396 g/mol. The van der Waals surface area contributed by atoms with E-state index in [0.717, 1.165) is 43.0 Å². The van der Waals surface area contributed by atoms with Crippen LogP contribution in [0.2, 0.25) is 0 Å². The summed E-state index contributed by atoms with van der Waals surface area (Å²) in [4.78, 5) is 6.30. The highest BCUT2D eigenvalue weighted by Crippen LogP contribution is 2.44. The van der Waals surface area contributed by atoms with Crippen LogP contribution >= 0.6 is 0 Å². The van der Waals surface area contributed by atoms with Crippen molar-refractivity contribution in [1.82, 2.24) is 9.88 Å². The Morgan fingerprint density at radius 1 is 1.03 bits per heavy atom. The van der Waals surface area contributed by atoms with Gasteiger partial charge in [0.25, 0.3) is 0 Å². The number of aryl methyl sites for hydroxylation is 1. The third-order valence-corrected chi connectivity index (χ3v) is 7.04. The van der Waals surface area contributed by atoms with E-state index in [1.54, 1.807) is 7.11 Å². The molecule has 1 atom stereocenters. The van der Waals surface area contributed by atoms with Crippen molar-refractivity contribution in [3.05, 3.63) is 94.2 Å². The lowest BCUT2D eigenvalue weighted by Crippen LogP contribution is -2.39. The second-order valence-electron chi connectivity index (χ2n) is 9.05. The molecule has 3 heterocycles. The predicted octanol–water partition coefficient (Wildman–Crippen LogP) is 5.72. The summed E-state index contributed by atoms with van der Waals surface area (Å²) in [5.41, 5.74) is 9.33. The average Bonchev–Trinajstić information content (AvgIpc) is 3.17. The van der Waals surface area contributed by atoms with Crippen LogP contribution in [0.3, 0.4) is 0 Å². The molecule has 0 amide bonds. The van der Waals surface area contributed by atoms with Crippen LogP contribution in [0, 0.1) is 6.92 Å². The van der Waals surface area contributed by atoms with Gasteiger partial charge in [-0.15, -0.1) is 0 Å². The van der Waals surface area contributed by atoms with Gasteiger partial charge in [0.2, 0.25) is 0 Å². The quantitative estimate of drug-likeness (QED) is 0.455. The number of H-pyrrole nitrogens is 1. The van der Waals surface area contributed by atoms with Crippen LogP contribution in [0.5, 0.6) is 11.5 Å². The second-order valence-corrected chi connectivity index (χ2v) is 9.05. The summed E-state index contributed by atoms with van der Waals surface area (Å²) in [6, 6.07) is 21.9. The first-order valence-electron chi connectivity index (χ1n) is 11.4. The van der Waals surface area contributed by atoms with Gasteiger partial charge in [0.1, 0.15) is 6.61 Å². The molecule has 0 bridgehead atoms. The Morgan fingerprint density at radius 2 is 1.91 bits per heavy atom. The number of fused-ring (bicyclic) bond motifs is 6. The van der Waals surface area contributed by atoms with Crippen LogP contribution in [0.25, 0.3) is 10.9 Å². The van der Waals surface area contributed by atoms with Crippen molar-refractivity contribution in [3.63, 3.8) is 0 Å². The third-order valence-electron chi connectivity index (χ3n) is 7.04. The molecule has 0 radical (unpaired) electrons. The normalized spacial score (nSPS) is 17.5. The van der Waals surface area contributed by atoms with Crippen molar-refractivity contribution in [3.8, 4) is 11.5 Å². The van der Waals surface area contributed by atoms with Crippen LogP contribution in [-0.2, 0) is 26.0 Å². The monoisotopic (exact) mass is 424 g/mol. The van der Waals surface area contributed by atoms with E-state index in [4.69, 9.17) is 9.47 Å². The topological polar surface area (TPSA) is 37.5 Å². The minimum Gasteiger partial charge on any atom is -0.493 e. The highest BCUT2D eigenvalue weighted by atomic mass is 16.5. The van der Waals surface area contributed by atoms with Crippen molar-refractivity contribution < 1.29 is 9.47 Å². The van der Waals surface area contributed by atoms with E-state index in [0.29, 0.717) is 12.6 Å². The van der Waals surface area contributed by atoms with Gasteiger partial charge in [-0.3, -0.25) is 4.90 Å². The first-order chi connectivity index (χ1) is 15.7. The third kappa shape index (κ3) is 3.26.